The Labute approximate surface area is 151 Å². The number of carbonyl (C=O) groups excluding carboxylic acids is 1. The van der Waals surface area contributed by atoms with Gasteiger partial charge in [0.05, 0.1) is 24.3 Å². The summed E-state index contributed by atoms with van der Waals surface area (Å²) < 4.78 is 5.21. The number of carbonyl (C=O) groups is 1. The lowest BCUT2D eigenvalue weighted by atomic mass is 10.1. The lowest BCUT2D eigenvalue weighted by molar-refractivity contribution is -0.126. The molecule has 1 aromatic carbocycles. The third-order valence-electron chi connectivity index (χ3n) is 3.89. The molecule has 6 heteroatoms. The van der Waals surface area contributed by atoms with Crippen LogP contribution in [0.2, 0.25) is 0 Å². The first kappa shape index (κ1) is 17.5. The lowest BCUT2D eigenvalue weighted by Crippen LogP contribution is -2.31. The summed E-state index contributed by atoms with van der Waals surface area (Å²) in [5.41, 5.74) is 1.08. The third-order valence-corrected chi connectivity index (χ3v) is 5.13. The monoisotopic (exact) mass is 355 g/mol. The highest BCUT2D eigenvalue weighted by molar-refractivity contribution is 8.15. The van der Waals surface area contributed by atoms with E-state index >= 15 is 0 Å². The SMILES string of the molecule is CCCCC1S/C(=N/N=C/c2ccco2)N(Cc2ccccc2)C1=O. The zero-order valence-electron chi connectivity index (χ0n) is 14.2. The number of hydrogen-bond donors (Lipinski definition) is 0. The minimum Gasteiger partial charge on any atom is -0.463 e. The van der Waals surface area contributed by atoms with Crippen LogP contribution in [0, 0.1) is 0 Å². The molecule has 1 saturated heterocycles. The summed E-state index contributed by atoms with van der Waals surface area (Å²) in [7, 11) is 0. The average molecular weight is 355 g/mol. The van der Waals surface area contributed by atoms with Gasteiger partial charge in [0, 0.05) is 0 Å². The molecular formula is C19H21N3O2S. The summed E-state index contributed by atoms with van der Waals surface area (Å²) in [5, 5.41) is 8.95. The molecule has 130 valence electrons. The van der Waals surface area contributed by atoms with Crippen molar-refractivity contribution in [3.63, 3.8) is 0 Å². The highest BCUT2D eigenvalue weighted by Gasteiger charge is 2.37. The van der Waals surface area contributed by atoms with E-state index in [9.17, 15) is 4.79 Å². The molecule has 5 nitrogen and oxygen atoms in total. The van der Waals surface area contributed by atoms with Crippen molar-refractivity contribution in [1.82, 2.24) is 4.90 Å². The first-order valence-electron chi connectivity index (χ1n) is 8.44. The second-order valence-electron chi connectivity index (χ2n) is 5.80. The fourth-order valence-corrected chi connectivity index (χ4v) is 3.71. The molecule has 1 fully saturated rings. The number of nitrogens with zero attached hydrogens (tertiary/aromatic N) is 3. The molecule has 0 bridgehead atoms. The van der Waals surface area contributed by atoms with Crippen molar-refractivity contribution < 1.29 is 9.21 Å². The molecule has 1 atom stereocenters. The van der Waals surface area contributed by atoms with Gasteiger partial charge in [-0.25, -0.2) is 0 Å². The second-order valence-corrected chi connectivity index (χ2v) is 6.97. The molecule has 1 amide bonds. The fraction of sp³-hybridized carbons (Fsp3) is 0.316. The maximum Gasteiger partial charge on any atom is 0.242 e. The molecule has 0 saturated carbocycles. The molecule has 1 aliphatic rings. The summed E-state index contributed by atoms with van der Waals surface area (Å²) in [6.45, 7) is 2.65. The van der Waals surface area contributed by atoms with Crippen LogP contribution in [0.5, 0.6) is 0 Å². The predicted molar refractivity (Wildman–Crippen MR) is 102 cm³/mol. The average Bonchev–Trinajstić information content (AvgIpc) is 3.25. The van der Waals surface area contributed by atoms with Gasteiger partial charge >= 0.3 is 0 Å². The first-order valence-corrected chi connectivity index (χ1v) is 9.32. The zero-order valence-corrected chi connectivity index (χ0v) is 15.0. The van der Waals surface area contributed by atoms with E-state index in [0.29, 0.717) is 17.5 Å². The van der Waals surface area contributed by atoms with Crippen LogP contribution in [-0.4, -0.2) is 27.4 Å². The van der Waals surface area contributed by atoms with Gasteiger partial charge in [0.2, 0.25) is 5.91 Å². The molecule has 1 unspecified atom stereocenters. The molecule has 1 aliphatic heterocycles. The molecular weight excluding hydrogens is 334 g/mol. The Kier molecular flexibility index (Phi) is 6.06. The van der Waals surface area contributed by atoms with Gasteiger partial charge in [-0.15, -0.1) is 5.10 Å². The number of thioether (sulfide) groups is 1. The maximum absolute atomic E-state index is 12.8. The van der Waals surface area contributed by atoms with Crippen LogP contribution in [0.25, 0.3) is 0 Å². The Morgan fingerprint density at radius 3 is 2.80 bits per heavy atom. The molecule has 0 spiro atoms. The molecule has 25 heavy (non-hydrogen) atoms. The van der Waals surface area contributed by atoms with Gasteiger partial charge in [-0.3, -0.25) is 9.69 Å². The van der Waals surface area contributed by atoms with Crippen LogP contribution >= 0.6 is 11.8 Å². The summed E-state index contributed by atoms with van der Waals surface area (Å²) >= 11 is 1.51. The molecule has 0 aliphatic carbocycles. The Hall–Kier alpha value is -2.34. The topological polar surface area (TPSA) is 58.2 Å². The molecule has 2 aromatic rings. The number of unbranched alkanes of at least 4 members (excludes halogenated alkanes) is 1. The van der Waals surface area contributed by atoms with E-state index < -0.39 is 0 Å². The largest absolute Gasteiger partial charge is 0.463 e. The standard InChI is InChI=1S/C19H21N3O2S/c1-2-3-11-17-18(23)22(14-15-8-5-4-6-9-15)19(25-17)21-20-13-16-10-7-12-24-16/h4-10,12-13,17H,2-3,11,14H2,1H3/b20-13+,21-19+. The van der Waals surface area contributed by atoms with Crippen LogP contribution < -0.4 is 0 Å². The Balaban J connectivity index is 1.77. The maximum atomic E-state index is 12.8. The van der Waals surface area contributed by atoms with Crippen molar-refractivity contribution >= 4 is 29.1 Å². The molecule has 1 aromatic heterocycles. The Morgan fingerprint density at radius 2 is 2.08 bits per heavy atom. The molecule has 3 rings (SSSR count). The molecule has 0 radical (unpaired) electrons. The quantitative estimate of drug-likeness (QED) is 0.549. The van der Waals surface area contributed by atoms with Gasteiger partial charge in [-0.05, 0) is 24.1 Å². The van der Waals surface area contributed by atoms with E-state index in [0.717, 1.165) is 24.8 Å². The second kappa shape index (κ2) is 8.67. The number of rotatable bonds is 7. The summed E-state index contributed by atoms with van der Waals surface area (Å²) in [5.74, 6) is 0.755. The van der Waals surface area contributed by atoms with Gasteiger partial charge in [-0.1, -0.05) is 61.9 Å². The zero-order chi connectivity index (χ0) is 17.5. The summed E-state index contributed by atoms with van der Waals surface area (Å²) in [6, 6.07) is 13.6. The number of furan rings is 1. The molecule has 2 heterocycles. The van der Waals surface area contributed by atoms with Crippen LogP contribution in [0.1, 0.15) is 37.5 Å². The third kappa shape index (κ3) is 4.60. The van der Waals surface area contributed by atoms with Gasteiger partial charge in [0.15, 0.2) is 5.17 Å². The smallest absolute Gasteiger partial charge is 0.242 e. The summed E-state index contributed by atoms with van der Waals surface area (Å²) in [4.78, 5) is 14.5. The number of amidine groups is 1. The van der Waals surface area contributed by atoms with Crippen LogP contribution in [-0.2, 0) is 11.3 Å². The van der Waals surface area contributed by atoms with Crippen LogP contribution in [0.15, 0.2) is 63.3 Å². The minimum atomic E-state index is -0.0683. The highest BCUT2D eigenvalue weighted by atomic mass is 32.2. The van der Waals surface area contributed by atoms with E-state index in [4.69, 9.17) is 4.42 Å². The van der Waals surface area contributed by atoms with Crippen molar-refractivity contribution in [2.75, 3.05) is 0 Å². The van der Waals surface area contributed by atoms with Crippen molar-refractivity contribution in [1.29, 1.82) is 0 Å². The van der Waals surface area contributed by atoms with Crippen molar-refractivity contribution in [2.45, 2.75) is 38.0 Å². The normalized spacial score (nSPS) is 19.4. The van der Waals surface area contributed by atoms with Gasteiger partial charge in [-0.2, -0.15) is 5.10 Å². The predicted octanol–water partition coefficient (Wildman–Crippen LogP) is 4.30. The van der Waals surface area contributed by atoms with Gasteiger partial charge in [0.1, 0.15) is 5.76 Å². The van der Waals surface area contributed by atoms with E-state index in [2.05, 4.69) is 17.1 Å². The van der Waals surface area contributed by atoms with E-state index in [-0.39, 0.29) is 11.2 Å². The van der Waals surface area contributed by atoms with Crippen LogP contribution in [0.3, 0.4) is 0 Å². The van der Waals surface area contributed by atoms with Gasteiger partial charge in [0.25, 0.3) is 0 Å². The van der Waals surface area contributed by atoms with E-state index in [1.807, 2.05) is 36.4 Å². The number of benzene rings is 1. The van der Waals surface area contributed by atoms with Crippen molar-refractivity contribution in [2.24, 2.45) is 10.2 Å². The van der Waals surface area contributed by atoms with E-state index in [1.54, 1.807) is 23.4 Å². The summed E-state index contributed by atoms with van der Waals surface area (Å²) in [6.07, 6.45) is 6.12. The number of amides is 1. The number of hydrogen-bond acceptors (Lipinski definition) is 5. The van der Waals surface area contributed by atoms with E-state index in [1.165, 1.54) is 11.8 Å². The fourth-order valence-electron chi connectivity index (χ4n) is 2.57. The van der Waals surface area contributed by atoms with Crippen molar-refractivity contribution in [3.05, 3.63) is 60.1 Å². The first-order chi connectivity index (χ1) is 12.3. The minimum absolute atomic E-state index is 0.0683. The van der Waals surface area contributed by atoms with Crippen molar-refractivity contribution in [3.8, 4) is 0 Å². The highest BCUT2D eigenvalue weighted by Crippen LogP contribution is 2.32. The van der Waals surface area contributed by atoms with Crippen LogP contribution in [0.4, 0.5) is 0 Å². The molecule has 0 N–H and O–H groups in total. The lowest BCUT2D eigenvalue weighted by Gasteiger charge is -2.15. The van der Waals surface area contributed by atoms with Gasteiger partial charge < -0.3 is 4.42 Å². The Morgan fingerprint density at radius 1 is 1.24 bits per heavy atom. The Bertz CT molecular complexity index is 741.